The van der Waals surface area contributed by atoms with E-state index >= 15 is 0 Å². The first-order valence-electron chi connectivity index (χ1n) is 6.96. The molecule has 0 aromatic carbocycles. The Morgan fingerprint density at radius 1 is 1.18 bits per heavy atom. The number of rotatable bonds is 5. The highest BCUT2D eigenvalue weighted by molar-refractivity contribution is 4.79. The van der Waals surface area contributed by atoms with Crippen molar-refractivity contribution in [2.24, 2.45) is 5.92 Å². The van der Waals surface area contributed by atoms with Crippen LogP contribution in [0.5, 0.6) is 0 Å². The van der Waals surface area contributed by atoms with E-state index in [1.807, 2.05) is 6.92 Å². The number of hydrogen-bond acceptors (Lipinski definition) is 4. The summed E-state index contributed by atoms with van der Waals surface area (Å²) in [6.45, 7) is 10.5. The van der Waals surface area contributed by atoms with Crippen LogP contribution < -0.4 is 0 Å². The van der Waals surface area contributed by atoms with E-state index in [9.17, 15) is 5.11 Å². The minimum atomic E-state index is -0.140. The molecule has 0 aliphatic carbocycles. The van der Waals surface area contributed by atoms with Crippen LogP contribution in [0.15, 0.2) is 0 Å². The molecule has 4 heteroatoms. The lowest BCUT2D eigenvalue weighted by Crippen LogP contribution is -2.38. The summed E-state index contributed by atoms with van der Waals surface area (Å²) >= 11 is 0. The van der Waals surface area contributed by atoms with Crippen LogP contribution in [0, 0.1) is 5.92 Å². The number of aliphatic hydroxyl groups is 1. The van der Waals surface area contributed by atoms with Gasteiger partial charge >= 0.3 is 0 Å². The lowest BCUT2D eigenvalue weighted by molar-refractivity contribution is 0.0362. The monoisotopic (exact) mass is 242 g/mol. The van der Waals surface area contributed by atoms with Crippen molar-refractivity contribution in [2.45, 2.75) is 25.9 Å². The molecule has 2 fully saturated rings. The summed E-state index contributed by atoms with van der Waals surface area (Å²) in [7, 11) is 0. The van der Waals surface area contributed by atoms with Gasteiger partial charge in [-0.1, -0.05) is 0 Å². The molecule has 2 unspecified atom stereocenters. The van der Waals surface area contributed by atoms with Crippen molar-refractivity contribution in [1.29, 1.82) is 0 Å². The van der Waals surface area contributed by atoms with E-state index in [-0.39, 0.29) is 6.10 Å². The smallest absolute Gasteiger partial charge is 0.0594 e. The molecule has 17 heavy (non-hydrogen) atoms. The number of nitrogens with zero attached hydrogens (tertiary/aromatic N) is 2. The average Bonchev–Trinajstić information content (AvgIpc) is 2.79. The molecule has 100 valence electrons. The van der Waals surface area contributed by atoms with Crippen molar-refractivity contribution in [3.05, 3.63) is 0 Å². The van der Waals surface area contributed by atoms with Gasteiger partial charge in [0.15, 0.2) is 0 Å². The summed E-state index contributed by atoms with van der Waals surface area (Å²) in [5.74, 6) is 0.499. The third kappa shape index (κ3) is 4.21. The maximum absolute atomic E-state index is 9.55. The molecule has 0 saturated carbocycles. The molecule has 4 nitrogen and oxygen atoms in total. The SMILES string of the molecule is CC(O)C1CCN(CCCN2CCOCC2)C1. The maximum atomic E-state index is 9.55. The Morgan fingerprint density at radius 2 is 1.88 bits per heavy atom. The van der Waals surface area contributed by atoms with Gasteiger partial charge in [0.05, 0.1) is 19.3 Å². The number of aliphatic hydroxyl groups excluding tert-OH is 1. The quantitative estimate of drug-likeness (QED) is 0.757. The number of ether oxygens (including phenoxy) is 1. The normalized spacial score (nSPS) is 29.6. The van der Waals surface area contributed by atoms with Gasteiger partial charge in [0.25, 0.3) is 0 Å². The van der Waals surface area contributed by atoms with Crippen molar-refractivity contribution in [2.75, 3.05) is 52.5 Å². The van der Waals surface area contributed by atoms with E-state index in [0.717, 1.165) is 39.3 Å². The molecule has 2 aliphatic rings. The molecule has 2 saturated heterocycles. The molecule has 0 bridgehead atoms. The van der Waals surface area contributed by atoms with E-state index in [1.54, 1.807) is 0 Å². The van der Waals surface area contributed by atoms with Crippen LogP contribution in [-0.4, -0.2) is 73.5 Å². The van der Waals surface area contributed by atoms with Crippen LogP contribution in [0.4, 0.5) is 0 Å². The fourth-order valence-corrected chi connectivity index (χ4v) is 2.80. The zero-order valence-electron chi connectivity index (χ0n) is 11.0. The van der Waals surface area contributed by atoms with E-state index in [2.05, 4.69) is 9.80 Å². The van der Waals surface area contributed by atoms with E-state index in [4.69, 9.17) is 4.74 Å². The third-order valence-corrected chi connectivity index (χ3v) is 4.04. The van der Waals surface area contributed by atoms with Gasteiger partial charge in [-0.2, -0.15) is 0 Å². The second-order valence-corrected chi connectivity index (χ2v) is 5.40. The molecular formula is C13H26N2O2. The number of likely N-dealkylation sites (tertiary alicyclic amines) is 1. The summed E-state index contributed by atoms with van der Waals surface area (Å²) in [4.78, 5) is 4.99. The van der Waals surface area contributed by atoms with Gasteiger partial charge < -0.3 is 14.7 Å². The van der Waals surface area contributed by atoms with Gasteiger partial charge in [-0.05, 0) is 45.3 Å². The van der Waals surface area contributed by atoms with Crippen molar-refractivity contribution in [1.82, 2.24) is 9.80 Å². The fraction of sp³-hybridized carbons (Fsp3) is 1.00. The van der Waals surface area contributed by atoms with Gasteiger partial charge in [0.1, 0.15) is 0 Å². The Kier molecular flexibility index (Phi) is 5.22. The topological polar surface area (TPSA) is 35.9 Å². The number of morpholine rings is 1. The van der Waals surface area contributed by atoms with E-state index < -0.39 is 0 Å². The minimum absolute atomic E-state index is 0.140. The van der Waals surface area contributed by atoms with Crippen molar-refractivity contribution in [3.63, 3.8) is 0 Å². The molecule has 0 aromatic rings. The molecule has 2 aliphatic heterocycles. The Morgan fingerprint density at radius 3 is 2.53 bits per heavy atom. The molecule has 0 aromatic heterocycles. The molecule has 2 rings (SSSR count). The van der Waals surface area contributed by atoms with Gasteiger partial charge in [0.2, 0.25) is 0 Å². The fourth-order valence-electron chi connectivity index (χ4n) is 2.80. The highest BCUT2D eigenvalue weighted by Crippen LogP contribution is 2.19. The van der Waals surface area contributed by atoms with Crippen LogP contribution >= 0.6 is 0 Å². The average molecular weight is 242 g/mol. The Balaban J connectivity index is 1.56. The predicted molar refractivity (Wildman–Crippen MR) is 68.1 cm³/mol. The summed E-state index contributed by atoms with van der Waals surface area (Å²) in [6, 6.07) is 0. The second kappa shape index (κ2) is 6.69. The van der Waals surface area contributed by atoms with Crippen LogP contribution in [0.2, 0.25) is 0 Å². The second-order valence-electron chi connectivity index (χ2n) is 5.40. The Labute approximate surface area is 105 Å². The minimum Gasteiger partial charge on any atom is -0.393 e. The molecular weight excluding hydrogens is 216 g/mol. The zero-order chi connectivity index (χ0) is 12.1. The van der Waals surface area contributed by atoms with Crippen molar-refractivity contribution < 1.29 is 9.84 Å². The predicted octanol–water partition coefficient (Wildman–Crippen LogP) is 0.411. The highest BCUT2D eigenvalue weighted by atomic mass is 16.5. The largest absolute Gasteiger partial charge is 0.393 e. The summed E-state index contributed by atoms with van der Waals surface area (Å²) in [5.41, 5.74) is 0. The van der Waals surface area contributed by atoms with Crippen molar-refractivity contribution >= 4 is 0 Å². The molecule has 2 atom stereocenters. The van der Waals surface area contributed by atoms with Gasteiger partial charge in [-0.3, -0.25) is 4.90 Å². The first kappa shape index (κ1) is 13.3. The van der Waals surface area contributed by atoms with Crippen LogP contribution in [0.3, 0.4) is 0 Å². The highest BCUT2D eigenvalue weighted by Gasteiger charge is 2.25. The zero-order valence-corrected chi connectivity index (χ0v) is 11.0. The van der Waals surface area contributed by atoms with Gasteiger partial charge in [-0.25, -0.2) is 0 Å². The first-order chi connectivity index (χ1) is 8.25. The standard InChI is InChI=1S/C13H26N2O2/c1-12(16)13-3-6-15(11-13)5-2-4-14-7-9-17-10-8-14/h12-13,16H,2-11H2,1H3. The molecule has 2 heterocycles. The lowest BCUT2D eigenvalue weighted by atomic mass is 10.0. The third-order valence-electron chi connectivity index (χ3n) is 4.04. The molecule has 0 radical (unpaired) electrons. The van der Waals surface area contributed by atoms with E-state index in [1.165, 1.54) is 26.1 Å². The molecule has 0 amide bonds. The summed E-state index contributed by atoms with van der Waals surface area (Å²) < 4.78 is 5.34. The van der Waals surface area contributed by atoms with Crippen LogP contribution in [0.1, 0.15) is 19.8 Å². The summed E-state index contributed by atoms with van der Waals surface area (Å²) in [5, 5.41) is 9.55. The lowest BCUT2D eigenvalue weighted by Gasteiger charge is -2.27. The van der Waals surface area contributed by atoms with Crippen molar-refractivity contribution in [3.8, 4) is 0 Å². The summed E-state index contributed by atoms with van der Waals surface area (Å²) in [6.07, 6.45) is 2.26. The van der Waals surface area contributed by atoms with Crippen LogP contribution in [-0.2, 0) is 4.74 Å². The molecule has 1 N–H and O–H groups in total. The Hall–Kier alpha value is -0.160. The number of hydrogen-bond donors (Lipinski definition) is 1. The Bertz CT molecular complexity index is 217. The van der Waals surface area contributed by atoms with Gasteiger partial charge in [0, 0.05) is 19.6 Å². The van der Waals surface area contributed by atoms with Crippen LogP contribution in [0.25, 0.3) is 0 Å². The maximum Gasteiger partial charge on any atom is 0.0594 e. The van der Waals surface area contributed by atoms with Gasteiger partial charge in [-0.15, -0.1) is 0 Å². The molecule has 0 spiro atoms. The first-order valence-corrected chi connectivity index (χ1v) is 6.96. The van der Waals surface area contributed by atoms with E-state index in [0.29, 0.717) is 5.92 Å².